The van der Waals surface area contributed by atoms with Crippen molar-refractivity contribution < 1.29 is 0 Å². The summed E-state index contributed by atoms with van der Waals surface area (Å²) in [6.07, 6.45) is 1.25. The van der Waals surface area contributed by atoms with Crippen molar-refractivity contribution in [1.29, 1.82) is 0 Å². The predicted molar refractivity (Wildman–Crippen MR) is 127 cm³/mol. The van der Waals surface area contributed by atoms with Gasteiger partial charge in [0, 0.05) is 0 Å². The summed E-state index contributed by atoms with van der Waals surface area (Å²) in [6, 6.07) is 26.9. The zero-order valence-electron chi connectivity index (χ0n) is 16.8. The summed E-state index contributed by atoms with van der Waals surface area (Å²) in [5.74, 6) is 0. The third-order valence-electron chi connectivity index (χ3n) is 5.94. The van der Waals surface area contributed by atoms with Crippen LogP contribution < -0.4 is 21.9 Å². The van der Waals surface area contributed by atoms with Crippen LogP contribution in [0.25, 0.3) is 33.0 Å². The van der Waals surface area contributed by atoms with E-state index in [1.807, 2.05) is 0 Å². The fourth-order valence-corrected chi connectivity index (χ4v) is 4.77. The highest BCUT2D eigenvalue weighted by Gasteiger charge is 2.32. The van der Waals surface area contributed by atoms with Crippen LogP contribution in [0.3, 0.4) is 0 Å². The van der Waals surface area contributed by atoms with Gasteiger partial charge in [0.25, 0.3) is 0 Å². The fourth-order valence-electron chi connectivity index (χ4n) is 4.77. The van der Waals surface area contributed by atoms with Crippen molar-refractivity contribution in [2.24, 2.45) is 0 Å². The molecule has 0 nitrogen and oxygen atoms in total. The van der Waals surface area contributed by atoms with Crippen LogP contribution in [0.15, 0.2) is 72.8 Å². The van der Waals surface area contributed by atoms with Crippen molar-refractivity contribution in [3.05, 3.63) is 72.8 Å². The lowest BCUT2D eigenvalue weighted by molar-refractivity contribution is 1.09. The van der Waals surface area contributed by atoms with Crippen molar-refractivity contribution in [2.45, 2.75) is 27.1 Å². The maximum absolute atomic E-state index is 2.44. The molecular weight excluding hydrogens is 334 g/mol. The summed E-state index contributed by atoms with van der Waals surface area (Å²) < 4.78 is 0. The Morgan fingerprint density at radius 2 is 1.46 bits per heavy atom. The molecule has 0 spiro atoms. The number of rotatable bonds is 0. The van der Waals surface area contributed by atoms with E-state index in [-0.39, 0.29) is 0 Å². The average molecular weight is 357 g/mol. The molecule has 0 fully saturated rings. The second-order valence-electron chi connectivity index (χ2n) is 7.94. The number of fused-ring (bicyclic) bond motifs is 8. The van der Waals surface area contributed by atoms with E-state index in [4.69, 9.17) is 0 Å². The van der Waals surface area contributed by atoms with E-state index in [2.05, 4.69) is 101 Å². The molecule has 0 unspecified atom stereocenters. The Hall–Kier alpha value is -2.73. The normalized spacial score (nSPS) is 12.5. The molecule has 6 rings (SSSR count). The summed E-state index contributed by atoms with van der Waals surface area (Å²) >= 11 is 0. The largest absolute Gasteiger partial charge is 0.208 e. The minimum atomic E-state index is 0.439. The first-order valence-electron chi connectivity index (χ1n) is 10.4. The van der Waals surface area contributed by atoms with Gasteiger partial charge in [0.05, 0.1) is 0 Å². The lowest BCUT2D eigenvalue weighted by atomic mass is 9.44. The van der Waals surface area contributed by atoms with E-state index in [1.54, 1.807) is 0 Å². The SMILES string of the molecule is CB1c2cc3c(cc2-c2ccc4ccccc4c21)[B]c1ccccc1-3.CCC. The van der Waals surface area contributed by atoms with E-state index in [0.717, 1.165) is 0 Å². The third-order valence-corrected chi connectivity index (χ3v) is 5.94. The highest BCUT2D eigenvalue weighted by molar-refractivity contribution is 6.90. The molecule has 0 atom stereocenters. The van der Waals surface area contributed by atoms with Crippen LogP contribution in [0.2, 0.25) is 6.82 Å². The zero-order chi connectivity index (χ0) is 19.3. The topological polar surface area (TPSA) is 0 Å². The average Bonchev–Trinajstić information content (AvgIpc) is 3.22. The number of benzene rings is 4. The van der Waals surface area contributed by atoms with E-state index >= 15 is 0 Å². The number of hydrogen-bond donors (Lipinski definition) is 0. The molecule has 0 aromatic heterocycles. The van der Waals surface area contributed by atoms with Crippen LogP contribution in [0.4, 0.5) is 0 Å². The quantitative estimate of drug-likeness (QED) is 0.366. The first-order valence-corrected chi connectivity index (χ1v) is 10.4. The predicted octanol–water partition coefficient (Wildman–Crippen LogP) is 4.11. The van der Waals surface area contributed by atoms with Gasteiger partial charge in [0.1, 0.15) is 0 Å². The maximum atomic E-state index is 2.44. The molecule has 1 radical (unpaired) electrons. The van der Waals surface area contributed by atoms with E-state index < -0.39 is 0 Å². The zero-order valence-corrected chi connectivity index (χ0v) is 16.8. The molecule has 2 aliphatic rings. The summed E-state index contributed by atoms with van der Waals surface area (Å²) in [7, 11) is 2.33. The van der Waals surface area contributed by atoms with Crippen LogP contribution in [0, 0.1) is 0 Å². The van der Waals surface area contributed by atoms with Gasteiger partial charge >= 0.3 is 0 Å². The molecule has 2 heterocycles. The first-order chi connectivity index (χ1) is 13.7. The standard InChI is InChI=1S/C23H15B2.C3H8/c1-25-22-13-18-16-8-4-5-9-20(16)24-21(18)12-19(22)17-11-10-14-6-2-3-7-15(14)23(17)25;1-3-2/h2-13H,1H3;3H2,1-2H3. The molecular formula is C26H23B2. The minimum Gasteiger partial charge on any atom is -0.0773 e. The van der Waals surface area contributed by atoms with Crippen LogP contribution >= 0.6 is 0 Å². The van der Waals surface area contributed by atoms with E-state index in [0.29, 0.717) is 6.71 Å². The molecule has 133 valence electrons. The van der Waals surface area contributed by atoms with Gasteiger partial charge in [0.2, 0.25) is 6.71 Å². The van der Waals surface area contributed by atoms with Gasteiger partial charge in [-0.25, -0.2) is 0 Å². The Labute approximate surface area is 168 Å². The molecule has 28 heavy (non-hydrogen) atoms. The molecule has 2 heteroatoms. The highest BCUT2D eigenvalue weighted by atomic mass is 14.2. The number of hydrogen-bond acceptors (Lipinski definition) is 0. The van der Waals surface area contributed by atoms with Crippen molar-refractivity contribution >= 4 is 46.6 Å². The Kier molecular flexibility index (Phi) is 4.16. The van der Waals surface area contributed by atoms with E-state index in [9.17, 15) is 0 Å². The van der Waals surface area contributed by atoms with Crippen molar-refractivity contribution in [1.82, 2.24) is 0 Å². The molecule has 2 aliphatic heterocycles. The molecule has 0 amide bonds. The molecule has 4 aromatic rings. The second kappa shape index (κ2) is 6.71. The highest BCUT2D eigenvalue weighted by Crippen LogP contribution is 2.30. The fraction of sp³-hybridized carbons (Fsp3) is 0.154. The van der Waals surface area contributed by atoms with E-state index in [1.165, 1.54) is 61.3 Å². The van der Waals surface area contributed by atoms with Gasteiger partial charge in [-0.3, -0.25) is 0 Å². The van der Waals surface area contributed by atoms with Crippen LogP contribution in [-0.4, -0.2) is 14.0 Å². The van der Waals surface area contributed by atoms with Gasteiger partial charge in [-0.15, -0.1) is 0 Å². The smallest absolute Gasteiger partial charge is 0.0773 e. The monoisotopic (exact) mass is 357 g/mol. The third kappa shape index (κ3) is 2.48. The van der Waals surface area contributed by atoms with Gasteiger partial charge < -0.3 is 0 Å². The summed E-state index contributed by atoms with van der Waals surface area (Å²) in [5, 5.41) is 2.73. The second-order valence-corrected chi connectivity index (χ2v) is 7.94. The summed E-state index contributed by atoms with van der Waals surface area (Å²) in [6.45, 7) is 7.04. The van der Waals surface area contributed by atoms with Crippen LogP contribution in [0.1, 0.15) is 20.3 Å². The molecule has 0 saturated carbocycles. The minimum absolute atomic E-state index is 0.439. The van der Waals surface area contributed by atoms with Crippen molar-refractivity contribution in [3.63, 3.8) is 0 Å². The molecule has 0 bridgehead atoms. The van der Waals surface area contributed by atoms with Gasteiger partial charge in [-0.1, -0.05) is 122 Å². The molecule has 0 saturated heterocycles. The molecule has 4 aromatic carbocycles. The van der Waals surface area contributed by atoms with Crippen molar-refractivity contribution in [3.8, 4) is 22.3 Å². The Morgan fingerprint density at radius 3 is 2.32 bits per heavy atom. The maximum Gasteiger partial charge on any atom is 0.208 e. The van der Waals surface area contributed by atoms with Gasteiger partial charge in [0.15, 0.2) is 7.28 Å². The van der Waals surface area contributed by atoms with Crippen LogP contribution in [-0.2, 0) is 0 Å². The first kappa shape index (κ1) is 17.4. The Balaban J connectivity index is 0.000000538. The Bertz CT molecular complexity index is 1210. The van der Waals surface area contributed by atoms with Gasteiger partial charge in [-0.2, -0.15) is 0 Å². The summed E-state index contributed by atoms with van der Waals surface area (Å²) in [4.78, 5) is 0. The van der Waals surface area contributed by atoms with Crippen LogP contribution in [0.5, 0.6) is 0 Å². The lowest BCUT2D eigenvalue weighted by Crippen LogP contribution is -2.35. The van der Waals surface area contributed by atoms with Gasteiger partial charge in [-0.05, 0) is 33.0 Å². The van der Waals surface area contributed by atoms with Crippen molar-refractivity contribution in [2.75, 3.05) is 0 Å². The summed E-state index contributed by atoms with van der Waals surface area (Å²) in [5.41, 5.74) is 11.2. The lowest BCUT2D eigenvalue weighted by Gasteiger charge is -2.08. The molecule has 0 aliphatic carbocycles. The Morgan fingerprint density at radius 1 is 0.714 bits per heavy atom. The molecule has 0 N–H and O–H groups in total.